The molecule has 0 saturated heterocycles. The van der Waals surface area contributed by atoms with Crippen molar-refractivity contribution in [2.45, 2.75) is 49.7 Å². The first-order chi connectivity index (χ1) is 13.4. The van der Waals surface area contributed by atoms with E-state index in [4.69, 9.17) is 22.1 Å². The van der Waals surface area contributed by atoms with Crippen molar-refractivity contribution in [3.63, 3.8) is 0 Å². The lowest BCUT2D eigenvalue weighted by Gasteiger charge is -2.19. The smallest absolute Gasteiger partial charge is 0.318 e. The SMILES string of the molecule is CC(C)[C@H](Sc1nnc(COc2ccccc2Cl)n1C1CC1)C(=O)NC(N)=O. The molecule has 8 nitrogen and oxygen atoms in total. The van der Waals surface area contributed by atoms with Gasteiger partial charge in [-0.3, -0.25) is 14.7 Å². The fraction of sp³-hybridized carbons (Fsp3) is 0.444. The molecule has 3 N–H and O–H groups in total. The second-order valence-electron chi connectivity index (χ2n) is 6.86. The number of primary amides is 1. The van der Waals surface area contributed by atoms with Gasteiger partial charge in [0.25, 0.3) is 0 Å². The van der Waals surface area contributed by atoms with Crippen LogP contribution in [0.15, 0.2) is 29.4 Å². The average Bonchev–Trinajstić information content (AvgIpc) is 3.38. The number of imide groups is 1. The number of hydrogen-bond acceptors (Lipinski definition) is 6. The Morgan fingerprint density at radius 3 is 2.68 bits per heavy atom. The van der Waals surface area contributed by atoms with E-state index < -0.39 is 17.2 Å². The van der Waals surface area contributed by atoms with Crippen molar-refractivity contribution < 1.29 is 14.3 Å². The van der Waals surface area contributed by atoms with Crippen LogP contribution in [0.1, 0.15) is 38.6 Å². The fourth-order valence-corrected chi connectivity index (χ4v) is 4.00. The summed E-state index contributed by atoms with van der Waals surface area (Å²) in [5.74, 6) is 0.774. The number of ether oxygens (including phenoxy) is 1. The highest BCUT2D eigenvalue weighted by atomic mass is 35.5. The van der Waals surface area contributed by atoms with Gasteiger partial charge in [0.15, 0.2) is 11.0 Å². The number of hydrogen-bond donors (Lipinski definition) is 2. The average molecular weight is 424 g/mol. The van der Waals surface area contributed by atoms with Crippen LogP contribution in [-0.4, -0.2) is 32.0 Å². The molecule has 28 heavy (non-hydrogen) atoms. The Morgan fingerprint density at radius 2 is 2.07 bits per heavy atom. The first kappa shape index (κ1) is 20.5. The number of rotatable bonds is 8. The van der Waals surface area contributed by atoms with Crippen LogP contribution in [0.4, 0.5) is 4.79 Å². The Morgan fingerprint density at radius 1 is 1.36 bits per heavy atom. The summed E-state index contributed by atoms with van der Waals surface area (Å²) in [6.07, 6.45) is 2.04. The third-order valence-corrected chi connectivity index (χ3v) is 6.00. The Bertz CT molecular complexity index is 869. The summed E-state index contributed by atoms with van der Waals surface area (Å²) < 4.78 is 7.81. The highest BCUT2D eigenvalue weighted by molar-refractivity contribution is 8.00. The van der Waals surface area contributed by atoms with Crippen LogP contribution in [0.25, 0.3) is 0 Å². The van der Waals surface area contributed by atoms with Crippen molar-refractivity contribution in [3.8, 4) is 5.75 Å². The molecule has 1 fully saturated rings. The number of amides is 3. The monoisotopic (exact) mass is 423 g/mol. The molecule has 1 heterocycles. The van der Waals surface area contributed by atoms with Crippen LogP contribution < -0.4 is 15.8 Å². The van der Waals surface area contributed by atoms with Gasteiger partial charge < -0.3 is 10.5 Å². The number of benzene rings is 1. The lowest BCUT2D eigenvalue weighted by atomic mass is 10.1. The Labute approximate surface area is 172 Å². The van der Waals surface area contributed by atoms with Gasteiger partial charge in [0.2, 0.25) is 5.91 Å². The molecular formula is C18H22ClN5O3S. The number of carbonyl (C=O) groups excluding carboxylic acids is 2. The number of aromatic nitrogens is 3. The maximum atomic E-state index is 12.3. The predicted molar refractivity (Wildman–Crippen MR) is 106 cm³/mol. The number of halogens is 1. The van der Waals surface area contributed by atoms with E-state index in [2.05, 4.69) is 15.5 Å². The molecule has 0 unspecified atom stereocenters. The zero-order valence-electron chi connectivity index (χ0n) is 15.6. The third-order valence-electron chi connectivity index (χ3n) is 4.18. The van der Waals surface area contributed by atoms with Crippen LogP contribution in [-0.2, 0) is 11.4 Å². The second kappa shape index (κ2) is 8.83. The maximum absolute atomic E-state index is 12.3. The summed E-state index contributed by atoms with van der Waals surface area (Å²) in [5, 5.41) is 11.3. The van der Waals surface area contributed by atoms with E-state index in [1.807, 2.05) is 30.5 Å². The zero-order valence-corrected chi connectivity index (χ0v) is 17.2. The van der Waals surface area contributed by atoms with Gasteiger partial charge in [-0.05, 0) is 30.9 Å². The number of thioether (sulfide) groups is 1. The van der Waals surface area contributed by atoms with Gasteiger partial charge in [0.05, 0.1) is 10.3 Å². The van der Waals surface area contributed by atoms with Crippen LogP contribution in [0.2, 0.25) is 5.02 Å². The highest BCUT2D eigenvalue weighted by Crippen LogP contribution is 2.40. The molecule has 150 valence electrons. The van der Waals surface area contributed by atoms with Gasteiger partial charge in [-0.1, -0.05) is 49.3 Å². The zero-order chi connectivity index (χ0) is 20.3. The van der Waals surface area contributed by atoms with E-state index in [-0.39, 0.29) is 18.6 Å². The summed E-state index contributed by atoms with van der Waals surface area (Å²) >= 11 is 7.41. The van der Waals surface area contributed by atoms with E-state index in [9.17, 15) is 9.59 Å². The molecule has 1 atom stereocenters. The topological polar surface area (TPSA) is 112 Å². The fourth-order valence-electron chi connectivity index (χ4n) is 2.69. The van der Waals surface area contributed by atoms with Crippen molar-refractivity contribution in [3.05, 3.63) is 35.1 Å². The van der Waals surface area contributed by atoms with Gasteiger partial charge >= 0.3 is 6.03 Å². The molecule has 0 spiro atoms. The van der Waals surface area contributed by atoms with Gasteiger partial charge in [-0.2, -0.15) is 0 Å². The van der Waals surface area contributed by atoms with E-state index in [1.54, 1.807) is 12.1 Å². The molecular weight excluding hydrogens is 402 g/mol. The van der Waals surface area contributed by atoms with E-state index in [0.29, 0.717) is 21.8 Å². The van der Waals surface area contributed by atoms with Crippen molar-refractivity contribution >= 4 is 35.3 Å². The Kier molecular flexibility index (Phi) is 6.46. The maximum Gasteiger partial charge on any atom is 0.318 e. The Hall–Kier alpha value is -2.26. The van der Waals surface area contributed by atoms with Gasteiger partial charge in [-0.15, -0.1) is 10.2 Å². The van der Waals surface area contributed by atoms with E-state index in [0.717, 1.165) is 12.8 Å². The molecule has 3 amide bonds. The molecule has 1 saturated carbocycles. The predicted octanol–water partition coefficient (Wildman–Crippen LogP) is 3.16. The number of para-hydroxylation sites is 1. The molecule has 0 aliphatic heterocycles. The second-order valence-corrected chi connectivity index (χ2v) is 8.37. The third kappa shape index (κ3) is 4.96. The lowest BCUT2D eigenvalue weighted by molar-refractivity contribution is -0.120. The summed E-state index contributed by atoms with van der Waals surface area (Å²) in [6, 6.07) is 6.65. The van der Waals surface area contributed by atoms with Crippen molar-refractivity contribution in [1.82, 2.24) is 20.1 Å². The number of nitrogens with zero attached hydrogens (tertiary/aromatic N) is 3. The molecule has 3 rings (SSSR count). The van der Waals surface area contributed by atoms with E-state index in [1.165, 1.54) is 11.8 Å². The van der Waals surface area contributed by atoms with Gasteiger partial charge in [-0.25, -0.2) is 4.79 Å². The minimum Gasteiger partial charge on any atom is -0.484 e. The molecule has 1 aromatic heterocycles. The standard InChI is InChI=1S/C18H22ClN5O3S/c1-10(2)15(16(25)21-17(20)26)28-18-23-22-14(24(18)11-7-8-11)9-27-13-6-4-3-5-12(13)19/h3-6,10-11,15H,7-9H2,1-2H3,(H3,20,21,25,26)/t15-/m0/s1. The summed E-state index contributed by atoms with van der Waals surface area (Å²) in [6.45, 7) is 4.02. The van der Waals surface area contributed by atoms with Crippen molar-refractivity contribution in [2.24, 2.45) is 11.7 Å². The first-order valence-corrected chi connectivity index (χ1v) is 10.2. The molecule has 10 heteroatoms. The van der Waals surface area contributed by atoms with Crippen LogP contribution in [0.3, 0.4) is 0 Å². The summed E-state index contributed by atoms with van der Waals surface area (Å²) in [5.41, 5.74) is 5.08. The normalized spacial score (nSPS) is 14.7. The summed E-state index contributed by atoms with van der Waals surface area (Å²) in [4.78, 5) is 23.4. The molecule has 1 aromatic carbocycles. The molecule has 0 radical (unpaired) electrons. The molecule has 2 aromatic rings. The van der Waals surface area contributed by atoms with Gasteiger partial charge in [0, 0.05) is 6.04 Å². The quantitative estimate of drug-likeness (QED) is 0.630. The van der Waals surface area contributed by atoms with E-state index >= 15 is 0 Å². The van der Waals surface area contributed by atoms with Crippen molar-refractivity contribution in [1.29, 1.82) is 0 Å². The molecule has 1 aliphatic rings. The van der Waals surface area contributed by atoms with Crippen LogP contribution in [0.5, 0.6) is 5.75 Å². The van der Waals surface area contributed by atoms with Crippen LogP contribution >= 0.6 is 23.4 Å². The largest absolute Gasteiger partial charge is 0.484 e. The molecule has 1 aliphatic carbocycles. The highest BCUT2D eigenvalue weighted by Gasteiger charge is 2.33. The number of nitrogens with one attached hydrogen (secondary N) is 1. The number of urea groups is 1. The lowest BCUT2D eigenvalue weighted by Crippen LogP contribution is -2.42. The number of nitrogens with two attached hydrogens (primary N) is 1. The molecule has 0 bridgehead atoms. The summed E-state index contributed by atoms with van der Waals surface area (Å²) in [7, 11) is 0. The first-order valence-electron chi connectivity index (χ1n) is 8.95. The van der Waals surface area contributed by atoms with Gasteiger partial charge in [0.1, 0.15) is 12.4 Å². The minimum atomic E-state index is -0.867. The number of carbonyl (C=O) groups is 2. The minimum absolute atomic E-state index is 0.0310. The van der Waals surface area contributed by atoms with Crippen molar-refractivity contribution in [2.75, 3.05) is 0 Å². The Balaban J connectivity index is 1.77. The van der Waals surface area contributed by atoms with Crippen LogP contribution in [0, 0.1) is 5.92 Å².